The quantitative estimate of drug-likeness (QED) is 0.395. The number of thioether (sulfide) groups is 1. The molecule has 0 saturated carbocycles. The number of nitrogens with zero attached hydrogens (tertiary/aromatic N) is 2. The lowest BCUT2D eigenvalue weighted by Crippen LogP contribution is -2.23. The van der Waals surface area contributed by atoms with Crippen molar-refractivity contribution in [3.63, 3.8) is 0 Å². The highest BCUT2D eigenvalue weighted by Crippen LogP contribution is 2.22. The number of anilines is 1. The van der Waals surface area contributed by atoms with E-state index in [1.165, 1.54) is 22.0 Å². The number of hydrogen-bond acceptors (Lipinski definition) is 5. The number of benzene rings is 1. The molecule has 26 heavy (non-hydrogen) atoms. The SMILES string of the molecule is C=CCn1c(SCC(=O)Nc2ccc(C)c(F)c2)nc2sccc2c1=O. The maximum Gasteiger partial charge on any atom is 0.263 e. The van der Waals surface area contributed by atoms with E-state index >= 15 is 0 Å². The molecular weight excluding hydrogens is 373 g/mol. The van der Waals surface area contributed by atoms with Crippen molar-refractivity contribution in [3.8, 4) is 0 Å². The molecule has 1 amide bonds. The topological polar surface area (TPSA) is 64.0 Å². The monoisotopic (exact) mass is 389 g/mol. The highest BCUT2D eigenvalue weighted by atomic mass is 32.2. The molecule has 1 aromatic carbocycles. The lowest BCUT2D eigenvalue weighted by Gasteiger charge is -2.10. The first-order chi connectivity index (χ1) is 12.5. The maximum absolute atomic E-state index is 13.6. The zero-order valence-corrected chi connectivity index (χ0v) is 15.6. The van der Waals surface area contributed by atoms with Gasteiger partial charge in [-0.3, -0.25) is 14.2 Å². The first-order valence-electron chi connectivity index (χ1n) is 7.77. The number of rotatable bonds is 6. The van der Waals surface area contributed by atoms with Crippen LogP contribution in [0.1, 0.15) is 5.56 Å². The van der Waals surface area contributed by atoms with Crippen LogP contribution in [-0.4, -0.2) is 21.2 Å². The smallest absolute Gasteiger partial charge is 0.263 e. The molecule has 0 bridgehead atoms. The highest BCUT2D eigenvalue weighted by molar-refractivity contribution is 7.99. The Morgan fingerprint density at radius 2 is 2.27 bits per heavy atom. The summed E-state index contributed by atoms with van der Waals surface area (Å²) in [6, 6.07) is 6.26. The summed E-state index contributed by atoms with van der Waals surface area (Å²) in [4.78, 5) is 29.8. The average molecular weight is 389 g/mol. The van der Waals surface area contributed by atoms with Gasteiger partial charge in [0.25, 0.3) is 5.56 Å². The van der Waals surface area contributed by atoms with Crippen LogP contribution in [0.25, 0.3) is 10.2 Å². The van der Waals surface area contributed by atoms with Gasteiger partial charge in [0.2, 0.25) is 5.91 Å². The predicted octanol–water partition coefficient (Wildman–Crippen LogP) is 3.82. The molecule has 2 aromatic heterocycles. The molecule has 0 aliphatic rings. The van der Waals surface area contributed by atoms with Crippen molar-refractivity contribution < 1.29 is 9.18 Å². The summed E-state index contributed by atoms with van der Waals surface area (Å²) in [6.45, 7) is 5.63. The molecule has 0 aliphatic heterocycles. The van der Waals surface area contributed by atoms with Gasteiger partial charge in [0.05, 0.1) is 11.1 Å². The molecule has 0 aliphatic carbocycles. The molecule has 2 heterocycles. The molecular formula is C18H16FN3O2S2. The van der Waals surface area contributed by atoms with Crippen LogP contribution in [0, 0.1) is 12.7 Å². The van der Waals surface area contributed by atoms with Crippen LogP contribution in [0.15, 0.2) is 52.3 Å². The second kappa shape index (κ2) is 7.84. The zero-order valence-electron chi connectivity index (χ0n) is 14.0. The fraction of sp³-hybridized carbons (Fsp3) is 0.167. The lowest BCUT2D eigenvalue weighted by molar-refractivity contribution is -0.113. The Morgan fingerprint density at radius 3 is 3.00 bits per heavy atom. The molecule has 134 valence electrons. The lowest BCUT2D eigenvalue weighted by atomic mass is 10.2. The largest absolute Gasteiger partial charge is 0.325 e. The molecule has 0 saturated heterocycles. The van der Waals surface area contributed by atoms with E-state index in [9.17, 15) is 14.0 Å². The third-order valence-corrected chi connectivity index (χ3v) is 5.43. The normalized spacial score (nSPS) is 10.8. The molecule has 5 nitrogen and oxygen atoms in total. The van der Waals surface area contributed by atoms with Crippen molar-refractivity contribution >= 4 is 44.9 Å². The number of fused-ring (bicyclic) bond motifs is 1. The number of carbonyl (C=O) groups is 1. The molecule has 3 rings (SSSR count). The van der Waals surface area contributed by atoms with Crippen LogP contribution in [-0.2, 0) is 11.3 Å². The van der Waals surface area contributed by atoms with Crippen molar-refractivity contribution in [2.24, 2.45) is 0 Å². The van der Waals surface area contributed by atoms with Crippen LogP contribution in [0.3, 0.4) is 0 Å². The Bertz CT molecular complexity index is 1040. The molecule has 0 spiro atoms. The number of aryl methyl sites for hydroxylation is 1. The van der Waals surface area contributed by atoms with Crippen molar-refractivity contribution in [1.29, 1.82) is 0 Å². The van der Waals surface area contributed by atoms with E-state index in [0.29, 0.717) is 33.2 Å². The van der Waals surface area contributed by atoms with E-state index in [2.05, 4.69) is 16.9 Å². The molecule has 1 N–H and O–H groups in total. The van der Waals surface area contributed by atoms with Crippen LogP contribution in [0.5, 0.6) is 0 Å². The highest BCUT2D eigenvalue weighted by Gasteiger charge is 2.13. The molecule has 8 heteroatoms. The van der Waals surface area contributed by atoms with Crippen LogP contribution in [0.2, 0.25) is 0 Å². The Labute approximate surface area is 157 Å². The molecule has 0 radical (unpaired) electrons. The van der Waals surface area contributed by atoms with Gasteiger partial charge >= 0.3 is 0 Å². The van der Waals surface area contributed by atoms with E-state index in [0.717, 1.165) is 11.8 Å². The van der Waals surface area contributed by atoms with Gasteiger partial charge in [0, 0.05) is 12.2 Å². The minimum absolute atomic E-state index is 0.0515. The number of carbonyl (C=O) groups excluding carboxylic acids is 1. The summed E-state index contributed by atoms with van der Waals surface area (Å²) in [5, 5.41) is 5.47. The van der Waals surface area contributed by atoms with Gasteiger partial charge in [0.15, 0.2) is 5.16 Å². The summed E-state index contributed by atoms with van der Waals surface area (Å²) in [5.41, 5.74) is 0.753. The van der Waals surface area contributed by atoms with E-state index in [1.54, 1.807) is 31.2 Å². The standard InChI is InChI=1S/C18H16FN3O2S2/c1-3-7-22-17(24)13-6-8-25-16(13)21-18(22)26-10-15(23)20-12-5-4-11(2)14(19)9-12/h3-6,8-9H,1,7,10H2,2H3,(H,20,23). The zero-order chi connectivity index (χ0) is 18.7. The number of thiophene rings is 1. The van der Waals surface area contributed by atoms with Crippen molar-refractivity contribution in [1.82, 2.24) is 9.55 Å². The molecule has 0 atom stereocenters. The summed E-state index contributed by atoms with van der Waals surface area (Å²) < 4.78 is 15.1. The van der Waals surface area contributed by atoms with Crippen molar-refractivity contribution in [3.05, 3.63) is 64.0 Å². The summed E-state index contributed by atoms with van der Waals surface area (Å²) in [6.07, 6.45) is 1.61. The Kier molecular flexibility index (Phi) is 5.53. The third kappa shape index (κ3) is 3.86. The number of amides is 1. The molecule has 0 fully saturated rings. The van der Waals surface area contributed by atoms with Gasteiger partial charge in [-0.1, -0.05) is 23.9 Å². The van der Waals surface area contributed by atoms with Crippen LogP contribution < -0.4 is 10.9 Å². The number of halogens is 1. The minimum atomic E-state index is -0.375. The van der Waals surface area contributed by atoms with Gasteiger partial charge in [-0.15, -0.1) is 17.9 Å². The predicted molar refractivity (Wildman–Crippen MR) is 105 cm³/mol. The Hall–Kier alpha value is -2.45. The number of hydrogen-bond donors (Lipinski definition) is 1. The van der Waals surface area contributed by atoms with Gasteiger partial charge in [-0.2, -0.15) is 0 Å². The van der Waals surface area contributed by atoms with Crippen molar-refractivity contribution in [2.45, 2.75) is 18.6 Å². The van der Waals surface area contributed by atoms with Gasteiger partial charge in [-0.05, 0) is 36.1 Å². The van der Waals surface area contributed by atoms with Crippen molar-refractivity contribution in [2.75, 3.05) is 11.1 Å². The second-order valence-corrected chi connectivity index (χ2v) is 7.38. The van der Waals surface area contributed by atoms with E-state index in [4.69, 9.17) is 0 Å². The number of allylic oxidation sites excluding steroid dienone is 1. The fourth-order valence-corrected chi connectivity index (χ4v) is 3.94. The van der Waals surface area contributed by atoms with Gasteiger partial charge < -0.3 is 5.32 Å². The third-order valence-electron chi connectivity index (χ3n) is 3.65. The minimum Gasteiger partial charge on any atom is -0.325 e. The summed E-state index contributed by atoms with van der Waals surface area (Å²) >= 11 is 2.54. The number of nitrogens with one attached hydrogen (secondary N) is 1. The fourth-order valence-electron chi connectivity index (χ4n) is 2.33. The van der Waals surface area contributed by atoms with Gasteiger partial charge in [0.1, 0.15) is 10.6 Å². The van der Waals surface area contributed by atoms with E-state index in [1.807, 2.05) is 5.38 Å². The second-order valence-electron chi connectivity index (χ2n) is 5.54. The van der Waals surface area contributed by atoms with E-state index in [-0.39, 0.29) is 23.0 Å². The average Bonchev–Trinajstić information content (AvgIpc) is 3.08. The van der Waals surface area contributed by atoms with Crippen LogP contribution >= 0.6 is 23.1 Å². The maximum atomic E-state index is 13.6. The molecule has 3 aromatic rings. The Morgan fingerprint density at radius 1 is 1.46 bits per heavy atom. The Balaban J connectivity index is 1.77. The van der Waals surface area contributed by atoms with E-state index < -0.39 is 0 Å². The first kappa shape index (κ1) is 18.3. The van der Waals surface area contributed by atoms with Crippen LogP contribution in [0.4, 0.5) is 10.1 Å². The summed E-state index contributed by atoms with van der Waals surface area (Å²) in [5.74, 6) is -0.625. The number of aromatic nitrogens is 2. The van der Waals surface area contributed by atoms with Gasteiger partial charge in [-0.25, -0.2) is 9.37 Å². The first-order valence-corrected chi connectivity index (χ1v) is 9.64. The molecule has 0 unspecified atom stereocenters. The summed E-state index contributed by atoms with van der Waals surface area (Å²) in [7, 11) is 0.